The van der Waals surface area contributed by atoms with Crippen LogP contribution >= 0.6 is 22.9 Å². The number of carbonyl (C=O) groups excluding carboxylic acids is 2. The van der Waals surface area contributed by atoms with Crippen molar-refractivity contribution in [3.8, 4) is 27.5 Å². The monoisotopic (exact) mass is 545 g/mol. The van der Waals surface area contributed by atoms with Gasteiger partial charge in [-0.3, -0.25) is 9.59 Å². The summed E-state index contributed by atoms with van der Waals surface area (Å²) in [6.07, 6.45) is 1.50. The Balaban J connectivity index is 1.46. The van der Waals surface area contributed by atoms with Crippen LogP contribution in [0.15, 0.2) is 60.9 Å². The molecule has 192 valence electrons. The van der Waals surface area contributed by atoms with Crippen LogP contribution in [-0.4, -0.2) is 51.2 Å². The fraction of sp³-hybridized carbons (Fsp3) is 0.214. The topological polar surface area (TPSA) is 89.4 Å². The highest BCUT2D eigenvalue weighted by Crippen LogP contribution is 2.44. The minimum absolute atomic E-state index is 0.125. The lowest BCUT2D eigenvalue weighted by molar-refractivity contribution is -0.114. The molecule has 2 amide bonds. The Morgan fingerprint density at radius 1 is 1.16 bits per heavy atom. The molecule has 0 bridgehead atoms. The first-order valence-corrected chi connectivity index (χ1v) is 13.4. The second-order valence-corrected chi connectivity index (χ2v) is 10.6. The molecule has 1 aliphatic heterocycles. The zero-order valence-electron chi connectivity index (χ0n) is 20.7. The van der Waals surface area contributed by atoms with E-state index in [0.29, 0.717) is 46.9 Å². The van der Waals surface area contributed by atoms with Gasteiger partial charge in [0.25, 0.3) is 5.91 Å². The van der Waals surface area contributed by atoms with Crippen LogP contribution in [0.4, 0.5) is 5.13 Å². The number of benzene rings is 2. The van der Waals surface area contributed by atoms with Crippen LogP contribution in [-0.2, 0) is 22.4 Å². The summed E-state index contributed by atoms with van der Waals surface area (Å²) < 4.78 is 7.23. The number of amides is 2. The number of fused-ring (bicyclic) bond motifs is 3. The lowest BCUT2D eigenvalue weighted by atomic mass is 9.95. The Bertz CT molecular complexity index is 1590. The molecule has 4 aromatic rings. The van der Waals surface area contributed by atoms with Crippen LogP contribution in [0.5, 0.6) is 0 Å². The Morgan fingerprint density at radius 3 is 2.71 bits per heavy atom. The summed E-state index contributed by atoms with van der Waals surface area (Å²) in [5.74, 6) is 0.282. The van der Waals surface area contributed by atoms with Gasteiger partial charge in [-0.25, -0.2) is 9.67 Å². The van der Waals surface area contributed by atoms with Gasteiger partial charge < -0.3 is 15.0 Å². The summed E-state index contributed by atoms with van der Waals surface area (Å²) in [5, 5.41) is 8.82. The van der Waals surface area contributed by atoms with Gasteiger partial charge in [-0.2, -0.15) is 5.10 Å². The number of carbonyl (C=O) groups is 2. The molecule has 1 fully saturated rings. The third-order valence-electron chi connectivity index (χ3n) is 6.58. The molecular weight excluding hydrogens is 522 g/mol. The Kier molecular flexibility index (Phi) is 6.25. The molecule has 2 aromatic heterocycles. The quantitative estimate of drug-likeness (QED) is 0.373. The van der Waals surface area contributed by atoms with Crippen LogP contribution < -0.4 is 5.32 Å². The average molecular weight is 546 g/mol. The molecule has 0 atom stereocenters. The number of aryl methyl sites for hydroxylation is 1. The van der Waals surface area contributed by atoms with E-state index in [0.717, 1.165) is 45.9 Å². The number of aromatic nitrogens is 3. The lowest BCUT2D eigenvalue weighted by Gasteiger charge is -2.28. The highest BCUT2D eigenvalue weighted by Gasteiger charge is 2.31. The number of rotatable bonds is 4. The Hall–Kier alpha value is -3.95. The molecule has 10 heteroatoms. The molecule has 2 aliphatic rings. The van der Waals surface area contributed by atoms with Gasteiger partial charge >= 0.3 is 0 Å². The predicted molar refractivity (Wildman–Crippen MR) is 148 cm³/mol. The van der Waals surface area contributed by atoms with Crippen LogP contribution in [0.2, 0.25) is 5.02 Å². The SMILES string of the molecule is C=C1CN(C(=O)c2ccc(-n3nc(-c4ccccc4)c4c3-c3sc(NC(C)=O)nc3CC4)c(Cl)c2)CCO1. The Morgan fingerprint density at radius 2 is 1.97 bits per heavy atom. The van der Waals surface area contributed by atoms with E-state index in [1.165, 1.54) is 18.3 Å². The summed E-state index contributed by atoms with van der Waals surface area (Å²) in [5.41, 5.74) is 5.97. The fourth-order valence-electron chi connectivity index (χ4n) is 4.88. The highest BCUT2D eigenvalue weighted by atomic mass is 35.5. The van der Waals surface area contributed by atoms with Gasteiger partial charge in [-0.05, 0) is 31.0 Å². The van der Waals surface area contributed by atoms with E-state index in [1.807, 2.05) is 41.1 Å². The van der Waals surface area contributed by atoms with Gasteiger partial charge in [0.1, 0.15) is 12.4 Å². The van der Waals surface area contributed by atoms with E-state index in [-0.39, 0.29) is 11.8 Å². The smallest absolute Gasteiger partial charge is 0.254 e. The molecule has 1 N–H and O–H groups in total. The van der Waals surface area contributed by atoms with Gasteiger partial charge in [-0.1, -0.05) is 59.8 Å². The number of nitrogens with zero attached hydrogens (tertiary/aromatic N) is 4. The maximum Gasteiger partial charge on any atom is 0.254 e. The van der Waals surface area contributed by atoms with Gasteiger partial charge in [0.05, 0.1) is 45.8 Å². The van der Waals surface area contributed by atoms with E-state index >= 15 is 0 Å². The second-order valence-electron chi connectivity index (χ2n) is 9.21. The number of hydrogen-bond donors (Lipinski definition) is 1. The van der Waals surface area contributed by atoms with Crippen LogP contribution in [0.3, 0.4) is 0 Å². The van der Waals surface area contributed by atoms with Crippen molar-refractivity contribution in [2.24, 2.45) is 0 Å². The van der Waals surface area contributed by atoms with E-state index in [9.17, 15) is 9.59 Å². The van der Waals surface area contributed by atoms with E-state index in [2.05, 4.69) is 16.9 Å². The maximum absolute atomic E-state index is 13.1. The summed E-state index contributed by atoms with van der Waals surface area (Å²) in [6.45, 7) is 6.58. The number of morpholine rings is 1. The van der Waals surface area contributed by atoms with Crippen molar-refractivity contribution < 1.29 is 14.3 Å². The van der Waals surface area contributed by atoms with Crippen molar-refractivity contribution in [3.05, 3.63) is 82.7 Å². The van der Waals surface area contributed by atoms with Gasteiger partial charge in [0.15, 0.2) is 5.13 Å². The zero-order valence-corrected chi connectivity index (χ0v) is 22.2. The molecule has 0 unspecified atom stereocenters. The van der Waals surface area contributed by atoms with Crippen molar-refractivity contribution in [2.75, 3.05) is 25.0 Å². The first-order valence-electron chi connectivity index (χ1n) is 12.2. The van der Waals surface area contributed by atoms with Crippen LogP contribution in [0.25, 0.3) is 27.5 Å². The minimum atomic E-state index is -0.165. The van der Waals surface area contributed by atoms with Crippen molar-refractivity contribution in [1.82, 2.24) is 19.7 Å². The molecule has 8 nitrogen and oxygen atoms in total. The first kappa shape index (κ1) is 24.4. The van der Waals surface area contributed by atoms with E-state index < -0.39 is 0 Å². The second kappa shape index (κ2) is 9.74. The summed E-state index contributed by atoms with van der Waals surface area (Å²) in [6, 6.07) is 15.3. The molecule has 1 saturated heterocycles. The number of thiazole rings is 1. The third-order valence-corrected chi connectivity index (χ3v) is 7.91. The summed E-state index contributed by atoms with van der Waals surface area (Å²) >= 11 is 8.26. The number of hydrogen-bond acceptors (Lipinski definition) is 6. The third kappa shape index (κ3) is 4.37. The molecule has 1 aliphatic carbocycles. The lowest BCUT2D eigenvalue weighted by Crippen LogP contribution is -2.39. The highest BCUT2D eigenvalue weighted by molar-refractivity contribution is 7.19. The maximum atomic E-state index is 13.1. The fourth-order valence-corrected chi connectivity index (χ4v) is 6.26. The zero-order chi connectivity index (χ0) is 26.4. The largest absolute Gasteiger partial charge is 0.495 e. The molecule has 0 saturated carbocycles. The number of nitrogens with one attached hydrogen (secondary N) is 1. The number of halogens is 1. The molecule has 6 rings (SSSR count). The van der Waals surface area contributed by atoms with E-state index in [1.54, 1.807) is 17.0 Å². The Labute approximate surface area is 228 Å². The number of ether oxygens (including phenoxy) is 1. The van der Waals surface area contributed by atoms with Gasteiger partial charge in [-0.15, -0.1) is 0 Å². The first-order chi connectivity index (χ1) is 18.4. The predicted octanol–water partition coefficient (Wildman–Crippen LogP) is 5.36. The normalized spacial score (nSPS) is 14.5. The van der Waals surface area contributed by atoms with Crippen molar-refractivity contribution in [2.45, 2.75) is 19.8 Å². The molecule has 3 heterocycles. The molecular formula is C28H24ClN5O3S. The standard InChI is InChI=1S/C28H24ClN5O3S/c1-16-15-33(12-13-37-16)27(36)19-8-11-23(21(29)14-19)34-25-20(24(32-34)18-6-4-3-5-7-18)9-10-22-26(25)38-28(31-22)30-17(2)35/h3-8,11,14H,1,9-10,12-13,15H2,2H3,(H,30,31,35). The van der Waals surface area contributed by atoms with Crippen LogP contribution in [0.1, 0.15) is 28.5 Å². The van der Waals surface area contributed by atoms with Crippen molar-refractivity contribution in [3.63, 3.8) is 0 Å². The molecule has 0 radical (unpaired) electrons. The molecule has 2 aromatic carbocycles. The van der Waals surface area contributed by atoms with Crippen molar-refractivity contribution >= 4 is 39.9 Å². The average Bonchev–Trinajstić information content (AvgIpc) is 3.49. The van der Waals surface area contributed by atoms with E-state index in [4.69, 9.17) is 21.4 Å². The number of anilines is 1. The minimum Gasteiger partial charge on any atom is -0.495 e. The summed E-state index contributed by atoms with van der Waals surface area (Å²) in [7, 11) is 0. The van der Waals surface area contributed by atoms with Crippen molar-refractivity contribution in [1.29, 1.82) is 0 Å². The van der Waals surface area contributed by atoms with Gasteiger partial charge in [0.2, 0.25) is 5.91 Å². The summed E-state index contributed by atoms with van der Waals surface area (Å²) in [4.78, 5) is 32.1. The van der Waals surface area contributed by atoms with Crippen LogP contribution in [0, 0.1) is 0 Å². The van der Waals surface area contributed by atoms with Gasteiger partial charge in [0, 0.05) is 23.6 Å². The molecule has 0 spiro atoms. The molecule has 38 heavy (non-hydrogen) atoms.